The molecule has 0 spiro atoms. The number of ketones is 1. The van der Waals surface area contributed by atoms with Crippen molar-refractivity contribution >= 4 is 51.2 Å². The van der Waals surface area contributed by atoms with Crippen LogP contribution in [0.15, 0.2) is 84.1 Å². The number of nitrogens with zero attached hydrogens (tertiary/aromatic N) is 4. The Labute approximate surface area is 214 Å². The van der Waals surface area contributed by atoms with Crippen LogP contribution in [0.2, 0.25) is 5.02 Å². The number of halogens is 1. The maximum atomic E-state index is 12.9. The van der Waals surface area contributed by atoms with E-state index in [1.165, 1.54) is 0 Å². The molecule has 36 heavy (non-hydrogen) atoms. The first-order chi connectivity index (χ1) is 17.6. The van der Waals surface area contributed by atoms with Crippen molar-refractivity contribution in [2.45, 2.75) is 13.1 Å². The Morgan fingerprint density at radius 1 is 1.00 bits per heavy atom. The molecule has 1 aromatic heterocycles. The summed E-state index contributed by atoms with van der Waals surface area (Å²) >= 11 is 6.84. The van der Waals surface area contributed by atoms with Gasteiger partial charge < -0.3 is 14.6 Å². The van der Waals surface area contributed by atoms with E-state index in [1.807, 2.05) is 82.8 Å². The molecule has 182 valence electrons. The number of hydrazone groups is 1. The fourth-order valence-electron chi connectivity index (χ4n) is 5.00. The van der Waals surface area contributed by atoms with Gasteiger partial charge in [0.25, 0.3) is 0 Å². The number of para-hydroxylation sites is 2. The molecule has 1 atom stereocenters. The number of carbonyl (C=O) groups is 1. The largest absolute Gasteiger partial charge is 0.378 e. The SMILES string of the molecule is CC(=O)C1=NN(c2ccccc2)[C@@H](c2c[nH]c3ccccc23)N1c1ccc(N2CCOCC2)c(Cl)c1. The van der Waals surface area contributed by atoms with Crippen LogP contribution in [0.5, 0.6) is 0 Å². The van der Waals surface area contributed by atoms with Crippen molar-refractivity contribution in [2.75, 3.05) is 41.1 Å². The number of Topliss-reactive ketones (excluding diaryl/α,β-unsaturated/α-hetero) is 1. The Morgan fingerprint density at radius 3 is 2.50 bits per heavy atom. The van der Waals surface area contributed by atoms with Crippen molar-refractivity contribution in [3.05, 3.63) is 89.6 Å². The molecule has 1 N–H and O–H groups in total. The molecule has 8 heteroatoms. The topological polar surface area (TPSA) is 64.2 Å². The van der Waals surface area contributed by atoms with Gasteiger partial charge in [0.05, 0.1) is 29.6 Å². The van der Waals surface area contributed by atoms with E-state index in [-0.39, 0.29) is 11.9 Å². The summed E-state index contributed by atoms with van der Waals surface area (Å²) in [7, 11) is 0. The second-order valence-electron chi connectivity index (χ2n) is 8.93. The summed E-state index contributed by atoms with van der Waals surface area (Å²) < 4.78 is 5.50. The maximum Gasteiger partial charge on any atom is 0.198 e. The molecule has 3 aromatic carbocycles. The number of anilines is 3. The maximum absolute atomic E-state index is 12.9. The van der Waals surface area contributed by atoms with E-state index in [1.54, 1.807) is 6.92 Å². The number of amidine groups is 1. The Balaban J connectivity index is 1.50. The van der Waals surface area contributed by atoms with E-state index in [9.17, 15) is 4.79 Å². The Hall–Kier alpha value is -3.81. The number of rotatable bonds is 5. The van der Waals surface area contributed by atoms with E-state index >= 15 is 0 Å². The Kier molecular flexibility index (Phi) is 5.87. The molecule has 2 aliphatic rings. The van der Waals surface area contributed by atoms with Crippen molar-refractivity contribution in [1.82, 2.24) is 4.98 Å². The van der Waals surface area contributed by atoms with Crippen LogP contribution < -0.4 is 14.8 Å². The van der Waals surface area contributed by atoms with Crippen molar-refractivity contribution in [3.63, 3.8) is 0 Å². The van der Waals surface area contributed by atoms with Crippen LogP contribution in [0.1, 0.15) is 18.7 Å². The summed E-state index contributed by atoms with van der Waals surface area (Å²) in [6.45, 7) is 4.50. The minimum atomic E-state index is -0.382. The van der Waals surface area contributed by atoms with Crippen molar-refractivity contribution in [3.8, 4) is 0 Å². The monoisotopic (exact) mass is 499 g/mol. The minimum Gasteiger partial charge on any atom is -0.378 e. The molecule has 1 saturated heterocycles. The lowest BCUT2D eigenvalue weighted by Gasteiger charge is -2.33. The molecule has 4 aromatic rings. The first-order valence-corrected chi connectivity index (χ1v) is 12.4. The Bertz CT molecular complexity index is 1440. The van der Waals surface area contributed by atoms with Gasteiger partial charge in [-0.3, -0.25) is 9.69 Å². The molecule has 0 unspecified atom stereocenters. The smallest absolute Gasteiger partial charge is 0.198 e. The van der Waals surface area contributed by atoms with Crippen molar-refractivity contribution in [1.29, 1.82) is 0 Å². The zero-order valence-electron chi connectivity index (χ0n) is 19.9. The van der Waals surface area contributed by atoms with E-state index in [0.717, 1.165) is 46.6 Å². The lowest BCUT2D eigenvalue weighted by molar-refractivity contribution is -0.111. The van der Waals surface area contributed by atoms with Gasteiger partial charge in [0, 0.05) is 48.4 Å². The van der Waals surface area contributed by atoms with Gasteiger partial charge in [0.2, 0.25) is 0 Å². The number of H-pyrrole nitrogens is 1. The molecule has 0 bridgehead atoms. The number of carbonyl (C=O) groups excluding carboxylic acids is 1. The van der Waals surface area contributed by atoms with Crippen molar-refractivity contribution < 1.29 is 9.53 Å². The number of morpholine rings is 1. The highest BCUT2D eigenvalue weighted by atomic mass is 35.5. The lowest BCUT2D eigenvalue weighted by atomic mass is 10.1. The highest BCUT2D eigenvalue weighted by Crippen LogP contribution is 2.43. The highest BCUT2D eigenvalue weighted by molar-refractivity contribution is 6.44. The molecule has 2 aliphatic heterocycles. The number of nitrogens with one attached hydrogen (secondary N) is 1. The highest BCUT2D eigenvalue weighted by Gasteiger charge is 2.40. The average Bonchev–Trinajstić information content (AvgIpc) is 3.51. The third-order valence-electron chi connectivity index (χ3n) is 6.70. The molecule has 3 heterocycles. The molecular weight excluding hydrogens is 474 g/mol. The third kappa shape index (κ3) is 3.90. The van der Waals surface area contributed by atoms with Gasteiger partial charge in [-0.1, -0.05) is 48.0 Å². The van der Waals surface area contributed by atoms with E-state index in [4.69, 9.17) is 21.4 Å². The van der Waals surface area contributed by atoms with Crippen LogP contribution in [0.3, 0.4) is 0 Å². The second-order valence-corrected chi connectivity index (χ2v) is 9.34. The summed E-state index contributed by atoms with van der Waals surface area (Å²) in [5, 5.41) is 8.46. The Morgan fingerprint density at radius 2 is 1.75 bits per heavy atom. The molecule has 7 nitrogen and oxygen atoms in total. The van der Waals surface area contributed by atoms with Gasteiger partial charge in [-0.25, -0.2) is 5.01 Å². The standard InChI is InChI=1S/C28H26ClN5O2/c1-19(35)27-31-34(20-7-3-2-4-8-20)28(23-18-30-25-10-6-5-9-22(23)25)33(27)21-11-12-26(24(29)17-21)32-13-15-36-16-14-32/h2-12,17-18,28,30H,13-16H2,1H3/t28-/m0/s1. The molecule has 0 amide bonds. The van der Waals surface area contributed by atoms with Crippen LogP contribution in [0.25, 0.3) is 10.9 Å². The zero-order chi connectivity index (χ0) is 24.6. The van der Waals surface area contributed by atoms with Crippen LogP contribution in [-0.4, -0.2) is 42.9 Å². The predicted molar refractivity (Wildman–Crippen MR) is 145 cm³/mol. The molecule has 1 fully saturated rings. The van der Waals surface area contributed by atoms with Gasteiger partial charge in [0.15, 0.2) is 17.8 Å². The first kappa shape index (κ1) is 22.6. The molecule has 0 saturated carbocycles. The van der Waals surface area contributed by atoms with Crippen LogP contribution in [0.4, 0.5) is 17.1 Å². The normalized spacial score (nSPS) is 18.1. The zero-order valence-corrected chi connectivity index (χ0v) is 20.7. The summed E-state index contributed by atoms with van der Waals surface area (Å²) in [6, 6.07) is 24.1. The van der Waals surface area contributed by atoms with Gasteiger partial charge in [-0.15, -0.1) is 5.10 Å². The molecule has 6 rings (SSSR count). The number of benzene rings is 3. The van der Waals surface area contributed by atoms with Crippen LogP contribution in [0, 0.1) is 0 Å². The van der Waals surface area contributed by atoms with Crippen LogP contribution in [-0.2, 0) is 9.53 Å². The van der Waals surface area contributed by atoms with Gasteiger partial charge in [0.1, 0.15) is 0 Å². The van der Waals surface area contributed by atoms with Gasteiger partial charge in [-0.2, -0.15) is 0 Å². The number of hydrogen-bond donors (Lipinski definition) is 1. The van der Waals surface area contributed by atoms with E-state index < -0.39 is 0 Å². The number of fused-ring (bicyclic) bond motifs is 1. The van der Waals surface area contributed by atoms with Crippen LogP contribution >= 0.6 is 11.6 Å². The second kappa shape index (κ2) is 9.33. The number of aromatic nitrogens is 1. The van der Waals surface area contributed by atoms with E-state index in [2.05, 4.69) is 16.0 Å². The minimum absolute atomic E-state index is 0.119. The third-order valence-corrected chi connectivity index (χ3v) is 7.01. The average molecular weight is 500 g/mol. The fourth-order valence-corrected chi connectivity index (χ4v) is 5.29. The van der Waals surface area contributed by atoms with Gasteiger partial charge >= 0.3 is 0 Å². The predicted octanol–water partition coefficient (Wildman–Crippen LogP) is 5.59. The van der Waals surface area contributed by atoms with Gasteiger partial charge in [-0.05, 0) is 36.4 Å². The quantitative estimate of drug-likeness (QED) is 0.388. The first-order valence-electron chi connectivity index (χ1n) is 12.0. The van der Waals surface area contributed by atoms with E-state index in [0.29, 0.717) is 24.1 Å². The number of hydrogen-bond acceptors (Lipinski definition) is 6. The number of ether oxygens (including phenoxy) is 1. The molecule has 0 aliphatic carbocycles. The lowest BCUT2D eigenvalue weighted by Crippen LogP contribution is -2.38. The summed E-state index contributed by atoms with van der Waals surface area (Å²) in [4.78, 5) is 20.5. The molecule has 0 radical (unpaired) electrons. The summed E-state index contributed by atoms with van der Waals surface area (Å²) in [6.07, 6.45) is 1.62. The summed E-state index contributed by atoms with van der Waals surface area (Å²) in [5.41, 5.74) is 4.71. The number of aromatic amines is 1. The fraction of sp³-hybridized carbons (Fsp3) is 0.214. The summed E-state index contributed by atoms with van der Waals surface area (Å²) in [5.74, 6) is 0.246. The molecular formula is C28H26ClN5O2. The van der Waals surface area contributed by atoms with Crippen molar-refractivity contribution in [2.24, 2.45) is 5.10 Å².